The number of nitrogens with zero attached hydrogens (tertiary/aromatic N) is 3. The monoisotopic (exact) mass is 379 g/mol. The molecular weight excluding hydrogens is 369 g/mol. The molecule has 0 saturated carbocycles. The summed E-state index contributed by atoms with van der Waals surface area (Å²) in [6.07, 6.45) is 1.71. The summed E-state index contributed by atoms with van der Waals surface area (Å²) in [5.74, 6) is -0.277. The Morgan fingerprint density at radius 1 is 0.750 bits per heavy atom. The second kappa shape index (κ2) is 6.09. The number of pyridine rings is 1. The predicted molar refractivity (Wildman–Crippen MR) is 95.9 cm³/mol. The zero-order valence-corrected chi connectivity index (χ0v) is 14.0. The van der Waals surface area contributed by atoms with E-state index in [1.165, 1.54) is 12.1 Å². The van der Waals surface area contributed by atoms with E-state index >= 15 is 0 Å². The molecular formula is C19H11BrFN3. The number of rotatable bonds is 2. The van der Waals surface area contributed by atoms with Gasteiger partial charge >= 0.3 is 0 Å². The Labute approximate surface area is 146 Å². The molecule has 0 radical (unpaired) electrons. The number of aromatic nitrogens is 3. The van der Waals surface area contributed by atoms with Crippen LogP contribution in [0.2, 0.25) is 0 Å². The van der Waals surface area contributed by atoms with Gasteiger partial charge in [0, 0.05) is 17.3 Å². The Balaban J connectivity index is 2.02. The van der Waals surface area contributed by atoms with E-state index in [0.717, 1.165) is 32.5 Å². The standard InChI is InChI=1S/C19H11BrFN3/c20-17-11-13(9-10-22-17)19-18(12-5-7-14(21)8-6-12)23-15-3-1-2-4-16(15)24-19/h1-11H. The fourth-order valence-corrected chi connectivity index (χ4v) is 2.92. The molecule has 4 aromatic rings. The van der Waals surface area contributed by atoms with Gasteiger partial charge in [0.1, 0.15) is 10.4 Å². The maximum absolute atomic E-state index is 13.3. The minimum atomic E-state index is -0.277. The highest BCUT2D eigenvalue weighted by Gasteiger charge is 2.13. The van der Waals surface area contributed by atoms with Crippen molar-refractivity contribution in [1.29, 1.82) is 0 Å². The van der Waals surface area contributed by atoms with Gasteiger partial charge in [-0.05, 0) is 64.5 Å². The third-order valence-electron chi connectivity index (χ3n) is 3.69. The van der Waals surface area contributed by atoms with Crippen LogP contribution in [-0.2, 0) is 0 Å². The van der Waals surface area contributed by atoms with E-state index in [2.05, 4.69) is 20.9 Å². The van der Waals surface area contributed by atoms with Crippen LogP contribution in [-0.4, -0.2) is 15.0 Å². The van der Waals surface area contributed by atoms with Crippen LogP contribution >= 0.6 is 15.9 Å². The first kappa shape index (κ1) is 14.9. The molecule has 0 atom stereocenters. The summed E-state index contributed by atoms with van der Waals surface area (Å²) in [7, 11) is 0. The fourth-order valence-electron chi connectivity index (χ4n) is 2.56. The SMILES string of the molecule is Fc1ccc(-c2nc3ccccc3nc2-c2ccnc(Br)c2)cc1. The summed E-state index contributed by atoms with van der Waals surface area (Å²) >= 11 is 3.39. The first-order valence-electron chi connectivity index (χ1n) is 7.35. The predicted octanol–water partition coefficient (Wildman–Crippen LogP) is 5.26. The van der Waals surface area contributed by atoms with Gasteiger partial charge in [-0.25, -0.2) is 19.3 Å². The lowest BCUT2D eigenvalue weighted by Crippen LogP contribution is -1.96. The molecule has 3 nitrogen and oxygen atoms in total. The van der Waals surface area contributed by atoms with Crippen LogP contribution < -0.4 is 0 Å². The van der Waals surface area contributed by atoms with E-state index in [-0.39, 0.29) is 5.82 Å². The summed E-state index contributed by atoms with van der Waals surface area (Å²) in [5.41, 5.74) is 4.78. The number of halogens is 2. The average molecular weight is 380 g/mol. The quantitative estimate of drug-likeness (QED) is 0.445. The smallest absolute Gasteiger partial charge is 0.123 e. The number of hydrogen-bond acceptors (Lipinski definition) is 3. The van der Waals surface area contributed by atoms with Gasteiger partial charge in [-0.2, -0.15) is 0 Å². The van der Waals surface area contributed by atoms with Crippen LogP contribution in [0.5, 0.6) is 0 Å². The van der Waals surface area contributed by atoms with Crippen LogP contribution in [0.15, 0.2) is 71.5 Å². The van der Waals surface area contributed by atoms with Gasteiger partial charge in [0.2, 0.25) is 0 Å². The number of para-hydroxylation sites is 2. The van der Waals surface area contributed by atoms with Crippen molar-refractivity contribution in [3.8, 4) is 22.5 Å². The van der Waals surface area contributed by atoms with Crippen LogP contribution in [0.3, 0.4) is 0 Å². The lowest BCUT2D eigenvalue weighted by Gasteiger charge is -2.10. The first-order chi connectivity index (χ1) is 11.7. The van der Waals surface area contributed by atoms with Gasteiger partial charge in [0.05, 0.1) is 22.4 Å². The Morgan fingerprint density at radius 2 is 1.38 bits per heavy atom. The van der Waals surface area contributed by atoms with Gasteiger partial charge in [0.25, 0.3) is 0 Å². The average Bonchev–Trinajstić information content (AvgIpc) is 2.61. The third-order valence-corrected chi connectivity index (χ3v) is 4.12. The molecule has 0 fully saturated rings. The summed E-state index contributed by atoms with van der Waals surface area (Å²) < 4.78 is 14.0. The lowest BCUT2D eigenvalue weighted by atomic mass is 10.0. The molecule has 0 N–H and O–H groups in total. The normalized spacial score (nSPS) is 10.9. The zero-order chi connectivity index (χ0) is 16.5. The van der Waals surface area contributed by atoms with Crippen molar-refractivity contribution in [3.63, 3.8) is 0 Å². The van der Waals surface area contributed by atoms with Gasteiger partial charge in [-0.3, -0.25) is 0 Å². The first-order valence-corrected chi connectivity index (χ1v) is 8.15. The maximum Gasteiger partial charge on any atom is 0.123 e. The molecule has 2 aromatic heterocycles. The maximum atomic E-state index is 13.3. The lowest BCUT2D eigenvalue weighted by molar-refractivity contribution is 0.628. The largest absolute Gasteiger partial charge is 0.249 e. The Kier molecular flexibility index (Phi) is 3.78. The molecule has 0 aliphatic rings. The van der Waals surface area contributed by atoms with Crippen LogP contribution in [0.4, 0.5) is 4.39 Å². The molecule has 0 saturated heterocycles. The van der Waals surface area contributed by atoms with Crippen molar-refractivity contribution in [2.45, 2.75) is 0 Å². The number of benzene rings is 2. The highest BCUT2D eigenvalue weighted by atomic mass is 79.9. The molecule has 0 unspecified atom stereocenters. The third kappa shape index (κ3) is 2.78. The number of fused-ring (bicyclic) bond motifs is 1. The van der Waals surface area contributed by atoms with Crippen molar-refractivity contribution in [1.82, 2.24) is 15.0 Å². The molecule has 2 aromatic carbocycles. The highest BCUT2D eigenvalue weighted by Crippen LogP contribution is 2.31. The summed E-state index contributed by atoms with van der Waals surface area (Å²) in [6.45, 7) is 0. The molecule has 24 heavy (non-hydrogen) atoms. The molecule has 0 bridgehead atoms. The summed E-state index contributed by atoms with van der Waals surface area (Å²) in [5, 5.41) is 0. The van der Waals surface area contributed by atoms with E-state index in [1.54, 1.807) is 18.3 Å². The van der Waals surface area contributed by atoms with E-state index < -0.39 is 0 Å². The Bertz CT molecular complexity index is 1030. The topological polar surface area (TPSA) is 38.7 Å². The second-order valence-electron chi connectivity index (χ2n) is 5.28. The van der Waals surface area contributed by atoms with Crippen molar-refractivity contribution in [3.05, 3.63) is 77.3 Å². The Hall–Kier alpha value is -2.66. The van der Waals surface area contributed by atoms with Crippen molar-refractivity contribution in [2.75, 3.05) is 0 Å². The van der Waals surface area contributed by atoms with Gasteiger partial charge < -0.3 is 0 Å². The molecule has 0 spiro atoms. The van der Waals surface area contributed by atoms with Crippen molar-refractivity contribution < 1.29 is 4.39 Å². The molecule has 0 aliphatic heterocycles. The zero-order valence-electron chi connectivity index (χ0n) is 12.4. The molecule has 116 valence electrons. The van der Waals surface area contributed by atoms with E-state index in [1.807, 2.05) is 36.4 Å². The van der Waals surface area contributed by atoms with E-state index in [9.17, 15) is 4.39 Å². The molecule has 2 heterocycles. The molecule has 0 amide bonds. The fraction of sp³-hybridized carbons (Fsp3) is 0. The number of hydrogen-bond donors (Lipinski definition) is 0. The van der Waals surface area contributed by atoms with E-state index in [0.29, 0.717) is 5.69 Å². The highest BCUT2D eigenvalue weighted by molar-refractivity contribution is 9.10. The van der Waals surface area contributed by atoms with Gasteiger partial charge in [-0.15, -0.1) is 0 Å². The minimum absolute atomic E-state index is 0.277. The van der Waals surface area contributed by atoms with Crippen LogP contribution in [0.25, 0.3) is 33.5 Å². The van der Waals surface area contributed by atoms with Gasteiger partial charge in [-0.1, -0.05) is 12.1 Å². The molecule has 5 heteroatoms. The minimum Gasteiger partial charge on any atom is -0.249 e. The van der Waals surface area contributed by atoms with Crippen LogP contribution in [0, 0.1) is 5.82 Å². The van der Waals surface area contributed by atoms with Crippen molar-refractivity contribution in [2.24, 2.45) is 0 Å². The van der Waals surface area contributed by atoms with Gasteiger partial charge in [0.15, 0.2) is 0 Å². The second-order valence-corrected chi connectivity index (χ2v) is 6.10. The summed E-state index contributed by atoms with van der Waals surface area (Å²) in [6, 6.07) is 17.8. The molecule has 0 aliphatic carbocycles. The summed E-state index contributed by atoms with van der Waals surface area (Å²) in [4.78, 5) is 13.7. The Morgan fingerprint density at radius 3 is 2.00 bits per heavy atom. The van der Waals surface area contributed by atoms with Crippen molar-refractivity contribution >= 4 is 27.0 Å². The van der Waals surface area contributed by atoms with Crippen LogP contribution in [0.1, 0.15) is 0 Å². The van der Waals surface area contributed by atoms with E-state index in [4.69, 9.17) is 9.97 Å². The molecule has 4 rings (SSSR count).